The van der Waals surface area contributed by atoms with Gasteiger partial charge in [0.05, 0.1) is 0 Å². The SMILES string of the molecule is CCC(C)CC(C)NC(=O)CCN. The first-order valence-corrected chi connectivity index (χ1v) is 5.09. The number of nitrogens with two attached hydrogens (primary N) is 1. The molecule has 3 heteroatoms. The number of nitrogens with one attached hydrogen (secondary N) is 1. The van der Waals surface area contributed by atoms with E-state index in [-0.39, 0.29) is 11.9 Å². The third-order valence-electron chi connectivity index (χ3n) is 2.23. The smallest absolute Gasteiger partial charge is 0.221 e. The first-order valence-electron chi connectivity index (χ1n) is 5.09. The van der Waals surface area contributed by atoms with E-state index in [2.05, 4.69) is 19.2 Å². The maximum Gasteiger partial charge on any atom is 0.221 e. The van der Waals surface area contributed by atoms with Gasteiger partial charge in [0.15, 0.2) is 0 Å². The number of carbonyl (C=O) groups is 1. The minimum absolute atomic E-state index is 0.0679. The van der Waals surface area contributed by atoms with Gasteiger partial charge in [-0.2, -0.15) is 0 Å². The molecule has 78 valence electrons. The molecule has 0 bridgehead atoms. The molecule has 2 unspecified atom stereocenters. The van der Waals surface area contributed by atoms with Crippen molar-refractivity contribution in [2.24, 2.45) is 11.7 Å². The molecule has 0 aromatic heterocycles. The zero-order valence-electron chi connectivity index (χ0n) is 8.97. The lowest BCUT2D eigenvalue weighted by Gasteiger charge is -2.17. The molecule has 3 N–H and O–H groups in total. The fourth-order valence-electron chi connectivity index (χ4n) is 1.31. The van der Waals surface area contributed by atoms with E-state index >= 15 is 0 Å². The first kappa shape index (κ1) is 12.4. The Labute approximate surface area is 81.1 Å². The second-order valence-electron chi connectivity index (χ2n) is 3.76. The molecule has 3 nitrogen and oxygen atoms in total. The highest BCUT2D eigenvalue weighted by molar-refractivity contribution is 5.76. The summed E-state index contributed by atoms with van der Waals surface area (Å²) in [4.78, 5) is 11.1. The van der Waals surface area contributed by atoms with E-state index in [1.54, 1.807) is 0 Å². The summed E-state index contributed by atoms with van der Waals surface area (Å²) in [5, 5.41) is 2.93. The lowest BCUT2D eigenvalue weighted by molar-refractivity contribution is -0.121. The van der Waals surface area contributed by atoms with Crippen LogP contribution in [0.1, 0.15) is 40.0 Å². The average molecular weight is 186 g/mol. The van der Waals surface area contributed by atoms with Crippen molar-refractivity contribution < 1.29 is 4.79 Å². The lowest BCUT2D eigenvalue weighted by atomic mass is 10.0. The van der Waals surface area contributed by atoms with Crippen molar-refractivity contribution >= 4 is 5.91 Å². The summed E-state index contributed by atoms with van der Waals surface area (Å²) >= 11 is 0. The fourth-order valence-corrected chi connectivity index (χ4v) is 1.31. The molecule has 0 aromatic rings. The van der Waals surface area contributed by atoms with Gasteiger partial charge in [-0.3, -0.25) is 4.79 Å². The van der Waals surface area contributed by atoms with Crippen molar-refractivity contribution in [2.45, 2.75) is 46.1 Å². The summed E-state index contributed by atoms with van der Waals surface area (Å²) in [5.41, 5.74) is 5.27. The summed E-state index contributed by atoms with van der Waals surface area (Å²) < 4.78 is 0. The van der Waals surface area contributed by atoms with Crippen LogP contribution in [-0.4, -0.2) is 18.5 Å². The lowest BCUT2D eigenvalue weighted by Crippen LogP contribution is -2.34. The zero-order chi connectivity index (χ0) is 10.3. The highest BCUT2D eigenvalue weighted by Crippen LogP contribution is 2.09. The predicted molar refractivity (Wildman–Crippen MR) is 55.3 cm³/mol. The summed E-state index contributed by atoms with van der Waals surface area (Å²) in [6.45, 7) is 6.84. The van der Waals surface area contributed by atoms with E-state index in [4.69, 9.17) is 5.73 Å². The molecule has 0 heterocycles. The van der Waals surface area contributed by atoms with E-state index in [1.165, 1.54) is 0 Å². The van der Waals surface area contributed by atoms with Crippen LogP contribution in [0.2, 0.25) is 0 Å². The molecule has 0 saturated carbocycles. The Bertz CT molecular complexity index is 148. The standard InChI is InChI=1S/C10H22N2O/c1-4-8(2)7-9(3)12-10(13)5-6-11/h8-9H,4-7,11H2,1-3H3,(H,12,13). The van der Waals surface area contributed by atoms with E-state index in [1.807, 2.05) is 6.92 Å². The van der Waals surface area contributed by atoms with Crippen LogP contribution in [0, 0.1) is 5.92 Å². The molecule has 0 aliphatic carbocycles. The van der Waals surface area contributed by atoms with Crippen LogP contribution in [0.5, 0.6) is 0 Å². The van der Waals surface area contributed by atoms with Gasteiger partial charge in [-0.15, -0.1) is 0 Å². The fraction of sp³-hybridized carbons (Fsp3) is 0.900. The number of hydrogen-bond donors (Lipinski definition) is 2. The summed E-state index contributed by atoms with van der Waals surface area (Å²) in [6.07, 6.45) is 2.65. The van der Waals surface area contributed by atoms with Crippen molar-refractivity contribution in [3.8, 4) is 0 Å². The molecule has 0 radical (unpaired) electrons. The van der Waals surface area contributed by atoms with Crippen molar-refractivity contribution in [1.82, 2.24) is 5.32 Å². The van der Waals surface area contributed by atoms with Crippen LogP contribution in [0.3, 0.4) is 0 Å². The third-order valence-corrected chi connectivity index (χ3v) is 2.23. The number of carbonyl (C=O) groups excluding carboxylic acids is 1. The molecule has 0 aromatic carbocycles. The highest BCUT2D eigenvalue weighted by Gasteiger charge is 2.09. The topological polar surface area (TPSA) is 55.1 Å². The Morgan fingerprint density at radius 3 is 2.54 bits per heavy atom. The third kappa shape index (κ3) is 6.58. The Balaban J connectivity index is 3.60. The maximum atomic E-state index is 11.1. The molecule has 0 aliphatic rings. The molecule has 0 fully saturated rings. The predicted octanol–water partition coefficient (Wildman–Crippen LogP) is 1.28. The first-order chi connectivity index (χ1) is 6.10. The van der Waals surface area contributed by atoms with Gasteiger partial charge in [0.25, 0.3) is 0 Å². The van der Waals surface area contributed by atoms with Gasteiger partial charge in [-0.25, -0.2) is 0 Å². The Morgan fingerprint density at radius 2 is 2.08 bits per heavy atom. The molecule has 0 aliphatic heterocycles. The molecule has 1 amide bonds. The normalized spacial score (nSPS) is 15.1. The summed E-state index contributed by atoms with van der Waals surface area (Å²) in [7, 11) is 0. The van der Waals surface area contributed by atoms with Gasteiger partial charge >= 0.3 is 0 Å². The van der Waals surface area contributed by atoms with E-state index in [0.29, 0.717) is 18.9 Å². The number of hydrogen-bond acceptors (Lipinski definition) is 2. The van der Waals surface area contributed by atoms with E-state index < -0.39 is 0 Å². The van der Waals surface area contributed by atoms with Crippen LogP contribution in [-0.2, 0) is 4.79 Å². The second kappa shape index (κ2) is 6.89. The van der Waals surface area contributed by atoms with Gasteiger partial charge in [-0.1, -0.05) is 20.3 Å². The minimum Gasteiger partial charge on any atom is -0.354 e. The van der Waals surface area contributed by atoms with Gasteiger partial charge in [0, 0.05) is 19.0 Å². The van der Waals surface area contributed by atoms with Crippen LogP contribution < -0.4 is 11.1 Å². The summed E-state index contributed by atoms with van der Waals surface area (Å²) in [6, 6.07) is 0.272. The van der Waals surface area contributed by atoms with E-state index in [0.717, 1.165) is 12.8 Å². The average Bonchev–Trinajstić information content (AvgIpc) is 2.04. The van der Waals surface area contributed by atoms with Crippen LogP contribution in [0.15, 0.2) is 0 Å². The maximum absolute atomic E-state index is 11.1. The Morgan fingerprint density at radius 1 is 1.46 bits per heavy atom. The molecule has 0 saturated heterocycles. The van der Waals surface area contributed by atoms with Crippen molar-refractivity contribution in [1.29, 1.82) is 0 Å². The summed E-state index contributed by atoms with van der Waals surface area (Å²) in [5.74, 6) is 0.742. The van der Waals surface area contributed by atoms with Crippen molar-refractivity contribution in [2.75, 3.05) is 6.54 Å². The quantitative estimate of drug-likeness (QED) is 0.656. The van der Waals surface area contributed by atoms with Gasteiger partial charge < -0.3 is 11.1 Å². The largest absolute Gasteiger partial charge is 0.354 e. The molecule has 2 atom stereocenters. The second-order valence-corrected chi connectivity index (χ2v) is 3.76. The van der Waals surface area contributed by atoms with E-state index in [9.17, 15) is 4.79 Å². The van der Waals surface area contributed by atoms with Gasteiger partial charge in [0.1, 0.15) is 0 Å². The molecule has 13 heavy (non-hydrogen) atoms. The van der Waals surface area contributed by atoms with Gasteiger partial charge in [0.2, 0.25) is 5.91 Å². The van der Waals surface area contributed by atoms with Crippen LogP contribution >= 0.6 is 0 Å². The molecular formula is C10H22N2O. The highest BCUT2D eigenvalue weighted by atomic mass is 16.1. The monoisotopic (exact) mass is 186 g/mol. The van der Waals surface area contributed by atoms with Gasteiger partial charge in [-0.05, 0) is 19.3 Å². The molecular weight excluding hydrogens is 164 g/mol. The van der Waals surface area contributed by atoms with Crippen molar-refractivity contribution in [3.63, 3.8) is 0 Å². The minimum atomic E-state index is 0.0679. The Hall–Kier alpha value is -0.570. The van der Waals surface area contributed by atoms with Crippen molar-refractivity contribution in [3.05, 3.63) is 0 Å². The zero-order valence-corrected chi connectivity index (χ0v) is 8.97. The Kier molecular flexibility index (Phi) is 6.59. The van der Waals surface area contributed by atoms with Crippen LogP contribution in [0.4, 0.5) is 0 Å². The molecule has 0 spiro atoms. The number of amides is 1. The van der Waals surface area contributed by atoms with Crippen LogP contribution in [0.25, 0.3) is 0 Å². The number of rotatable bonds is 6. The molecule has 0 rings (SSSR count).